The van der Waals surface area contributed by atoms with Gasteiger partial charge in [-0.3, -0.25) is 4.79 Å². The third kappa shape index (κ3) is 3.78. The number of aromatic nitrogens is 2. The first-order chi connectivity index (χ1) is 7.93. The first-order valence-electron chi connectivity index (χ1n) is 5.51. The summed E-state index contributed by atoms with van der Waals surface area (Å²) in [4.78, 5) is 19.3. The first-order valence-corrected chi connectivity index (χ1v) is 5.51. The van der Waals surface area contributed by atoms with Gasteiger partial charge in [-0.05, 0) is 20.8 Å². The molecule has 0 spiro atoms. The summed E-state index contributed by atoms with van der Waals surface area (Å²) in [6.07, 6.45) is 0.655. The van der Waals surface area contributed by atoms with Gasteiger partial charge in [0.2, 0.25) is 0 Å². The number of aliphatic carboxylic acids is 1. The van der Waals surface area contributed by atoms with Crippen LogP contribution >= 0.6 is 0 Å². The number of carboxylic acids is 1. The van der Waals surface area contributed by atoms with Crippen molar-refractivity contribution in [3.05, 3.63) is 22.8 Å². The Balaban J connectivity index is 2.96. The SMILES string of the molecule is COC(C)Cc1nc(C)c(CC(=O)O)c(C)n1. The fraction of sp³-hybridized carbons (Fsp3) is 0.583. The van der Waals surface area contributed by atoms with E-state index in [0.29, 0.717) is 17.8 Å². The fourth-order valence-corrected chi connectivity index (χ4v) is 1.65. The van der Waals surface area contributed by atoms with Crippen LogP contribution in [0.15, 0.2) is 0 Å². The molecule has 0 saturated carbocycles. The maximum absolute atomic E-state index is 10.7. The maximum atomic E-state index is 10.7. The van der Waals surface area contributed by atoms with Gasteiger partial charge in [0.15, 0.2) is 0 Å². The third-order valence-corrected chi connectivity index (χ3v) is 2.67. The van der Waals surface area contributed by atoms with Gasteiger partial charge in [-0.25, -0.2) is 9.97 Å². The Hall–Kier alpha value is -1.49. The van der Waals surface area contributed by atoms with E-state index in [2.05, 4.69) is 9.97 Å². The molecule has 5 heteroatoms. The highest BCUT2D eigenvalue weighted by atomic mass is 16.5. The van der Waals surface area contributed by atoms with Crippen LogP contribution in [0, 0.1) is 13.8 Å². The van der Waals surface area contributed by atoms with E-state index < -0.39 is 5.97 Å². The second-order valence-corrected chi connectivity index (χ2v) is 4.11. The number of ether oxygens (including phenoxy) is 1. The van der Waals surface area contributed by atoms with E-state index in [0.717, 1.165) is 11.4 Å². The van der Waals surface area contributed by atoms with E-state index >= 15 is 0 Å². The lowest BCUT2D eigenvalue weighted by molar-refractivity contribution is -0.136. The smallest absolute Gasteiger partial charge is 0.307 e. The molecule has 1 atom stereocenters. The number of carbonyl (C=O) groups is 1. The van der Waals surface area contributed by atoms with Crippen LogP contribution in [0.4, 0.5) is 0 Å². The highest BCUT2D eigenvalue weighted by Gasteiger charge is 2.13. The van der Waals surface area contributed by atoms with E-state index in [4.69, 9.17) is 9.84 Å². The number of aryl methyl sites for hydroxylation is 2. The van der Waals surface area contributed by atoms with Crippen LogP contribution in [0.1, 0.15) is 29.7 Å². The van der Waals surface area contributed by atoms with Crippen LogP contribution in [0.2, 0.25) is 0 Å². The summed E-state index contributed by atoms with van der Waals surface area (Å²) in [7, 11) is 1.64. The molecular weight excluding hydrogens is 220 g/mol. The summed E-state index contributed by atoms with van der Waals surface area (Å²) in [5.74, 6) is -0.165. The van der Waals surface area contributed by atoms with Crippen molar-refractivity contribution in [3.63, 3.8) is 0 Å². The minimum absolute atomic E-state index is 0.0300. The molecule has 1 unspecified atom stereocenters. The van der Waals surface area contributed by atoms with E-state index in [1.165, 1.54) is 0 Å². The van der Waals surface area contributed by atoms with E-state index in [-0.39, 0.29) is 12.5 Å². The molecule has 0 amide bonds. The quantitative estimate of drug-likeness (QED) is 0.837. The van der Waals surface area contributed by atoms with Crippen molar-refractivity contribution in [1.82, 2.24) is 9.97 Å². The lowest BCUT2D eigenvalue weighted by Crippen LogP contribution is -2.15. The number of hydrogen-bond acceptors (Lipinski definition) is 4. The largest absolute Gasteiger partial charge is 0.481 e. The molecule has 0 aromatic carbocycles. The fourth-order valence-electron chi connectivity index (χ4n) is 1.65. The van der Waals surface area contributed by atoms with Gasteiger partial charge in [0.1, 0.15) is 5.82 Å². The summed E-state index contributed by atoms with van der Waals surface area (Å²) in [5, 5.41) is 8.79. The number of methoxy groups -OCH3 is 1. The lowest BCUT2D eigenvalue weighted by atomic mass is 10.1. The molecule has 17 heavy (non-hydrogen) atoms. The molecule has 5 nitrogen and oxygen atoms in total. The molecule has 0 aliphatic heterocycles. The van der Waals surface area contributed by atoms with Crippen molar-refractivity contribution in [2.45, 2.75) is 39.7 Å². The van der Waals surface area contributed by atoms with Gasteiger partial charge in [0.05, 0.1) is 12.5 Å². The summed E-state index contributed by atoms with van der Waals surface area (Å²) in [6, 6.07) is 0. The molecule has 1 aromatic heterocycles. The number of rotatable bonds is 5. The van der Waals surface area contributed by atoms with E-state index in [9.17, 15) is 4.79 Å². The van der Waals surface area contributed by atoms with Crippen molar-refractivity contribution < 1.29 is 14.6 Å². The first kappa shape index (κ1) is 13.6. The molecule has 1 heterocycles. The number of carboxylic acid groups (broad SMARTS) is 1. The Morgan fingerprint density at radius 1 is 1.35 bits per heavy atom. The minimum atomic E-state index is -0.863. The maximum Gasteiger partial charge on any atom is 0.307 e. The van der Waals surface area contributed by atoms with Gasteiger partial charge in [-0.15, -0.1) is 0 Å². The van der Waals surface area contributed by atoms with Gasteiger partial charge in [-0.2, -0.15) is 0 Å². The number of hydrogen-bond donors (Lipinski definition) is 1. The van der Waals surface area contributed by atoms with E-state index in [1.54, 1.807) is 7.11 Å². The van der Waals surface area contributed by atoms with Gasteiger partial charge in [0, 0.05) is 30.5 Å². The molecular formula is C12H18N2O3. The van der Waals surface area contributed by atoms with Crippen LogP contribution in [0.3, 0.4) is 0 Å². The topological polar surface area (TPSA) is 72.3 Å². The summed E-state index contributed by atoms with van der Waals surface area (Å²) in [6.45, 7) is 5.57. The molecule has 0 fully saturated rings. The third-order valence-electron chi connectivity index (χ3n) is 2.67. The summed E-state index contributed by atoms with van der Waals surface area (Å²) >= 11 is 0. The second-order valence-electron chi connectivity index (χ2n) is 4.11. The zero-order valence-corrected chi connectivity index (χ0v) is 10.6. The lowest BCUT2D eigenvalue weighted by Gasteiger charge is -2.12. The molecule has 0 aliphatic rings. The zero-order chi connectivity index (χ0) is 13.0. The monoisotopic (exact) mass is 238 g/mol. The van der Waals surface area contributed by atoms with Gasteiger partial charge >= 0.3 is 5.97 Å². The standard InChI is InChI=1S/C12H18N2O3/c1-7(17-4)5-11-13-8(2)10(6-12(15)16)9(3)14-11/h7H,5-6H2,1-4H3,(H,15,16). The minimum Gasteiger partial charge on any atom is -0.481 e. The zero-order valence-electron chi connectivity index (χ0n) is 10.6. The molecule has 1 aromatic rings. The Morgan fingerprint density at radius 3 is 2.29 bits per heavy atom. The van der Waals surface area contributed by atoms with Crippen LogP contribution in [0.25, 0.3) is 0 Å². The Morgan fingerprint density at radius 2 is 1.88 bits per heavy atom. The van der Waals surface area contributed by atoms with Crippen LogP contribution < -0.4 is 0 Å². The van der Waals surface area contributed by atoms with E-state index in [1.807, 2.05) is 20.8 Å². The van der Waals surface area contributed by atoms with Gasteiger partial charge in [0.25, 0.3) is 0 Å². The van der Waals surface area contributed by atoms with Crippen LogP contribution in [-0.4, -0.2) is 34.3 Å². The average Bonchev–Trinajstić information content (AvgIpc) is 2.23. The highest BCUT2D eigenvalue weighted by molar-refractivity contribution is 5.70. The predicted molar refractivity (Wildman–Crippen MR) is 63.0 cm³/mol. The molecule has 94 valence electrons. The van der Waals surface area contributed by atoms with Crippen molar-refractivity contribution in [2.24, 2.45) is 0 Å². The Kier molecular flexibility index (Phi) is 4.57. The second kappa shape index (κ2) is 5.72. The van der Waals surface area contributed by atoms with Crippen LogP contribution in [-0.2, 0) is 22.4 Å². The average molecular weight is 238 g/mol. The normalized spacial score (nSPS) is 12.5. The highest BCUT2D eigenvalue weighted by Crippen LogP contribution is 2.12. The molecule has 1 rings (SSSR count). The predicted octanol–water partition coefficient (Wildman–Crippen LogP) is 1.30. The van der Waals surface area contributed by atoms with Crippen molar-refractivity contribution in [2.75, 3.05) is 7.11 Å². The van der Waals surface area contributed by atoms with Crippen LogP contribution in [0.5, 0.6) is 0 Å². The van der Waals surface area contributed by atoms with Gasteiger partial charge < -0.3 is 9.84 Å². The molecule has 0 bridgehead atoms. The number of nitrogens with zero attached hydrogens (tertiary/aromatic N) is 2. The Bertz CT molecular complexity index is 395. The van der Waals surface area contributed by atoms with Crippen molar-refractivity contribution >= 4 is 5.97 Å². The van der Waals surface area contributed by atoms with Gasteiger partial charge in [-0.1, -0.05) is 0 Å². The Labute approximate surface area is 101 Å². The summed E-state index contributed by atoms with van der Waals surface area (Å²) in [5.41, 5.74) is 2.17. The molecule has 0 saturated heterocycles. The molecule has 0 radical (unpaired) electrons. The van der Waals surface area contributed by atoms with Crippen molar-refractivity contribution in [3.8, 4) is 0 Å². The molecule has 0 aliphatic carbocycles. The summed E-state index contributed by atoms with van der Waals surface area (Å²) < 4.78 is 5.15. The van der Waals surface area contributed by atoms with Crippen molar-refractivity contribution in [1.29, 1.82) is 0 Å². The molecule has 1 N–H and O–H groups in total.